The molecule has 2 amide bonds. The van der Waals surface area contributed by atoms with E-state index in [1.807, 2.05) is 13.8 Å². The van der Waals surface area contributed by atoms with Crippen LogP contribution in [0.25, 0.3) is 0 Å². The summed E-state index contributed by atoms with van der Waals surface area (Å²) in [4.78, 5) is 28.3. The molecule has 0 radical (unpaired) electrons. The molecule has 12 heteroatoms. The summed E-state index contributed by atoms with van der Waals surface area (Å²) in [5, 5.41) is 4.24. The molecule has 3 aromatic rings. The van der Waals surface area contributed by atoms with E-state index in [-0.39, 0.29) is 34.1 Å². The van der Waals surface area contributed by atoms with Gasteiger partial charge in [-0.3, -0.25) is 13.9 Å². The smallest absolute Gasteiger partial charge is 0.264 e. The van der Waals surface area contributed by atoms with Gasteiger partial charge in [-0.25, -0.2) is 8.42 Å². The molecule has 3 aromatic carbocycles. The second kappa shape index (κ2) is 13.9. The highest BCUT2D eigenvalue weighted by molar-refractivity contribution is 7.92. The first-order valence-corrected chi connectivity index (χ1v) is 15.4. The third-order valence-corrected chi connectivity index (χ3v) is 9.16. The number of anilines is 1. The maximum atomic E-state index is 13.9. The molecule has 40 heavy (non-hydrogen) atoms. The van der Waals surface area contributed by atoms with Crippen LogP contribution >= 0.6 is 46.4 Å². The third-order valence-electron chi connectivity index (χ3n) is 6.30. The zero-order valence-corrected chi connectivity index (χ0v) is 25.9. The Hall–Kier alpha value is -2.49. The zero-order chi connectivity index (χ0) is 29.6. The Morgan fingerprint density at radius 3 is 2.10 bits per heavy atom. The molecule has 1 N–H and O–H groups in total. The molecule has 7 nitrogen and oxygen atoms in total. The number of hydrogen-bond acceptors (Lipinski definition) is 4. The van der Waals surface area contributed by atoms with Crippen LogP contribution in [0.3, 0.4) is 0 Å². The topological polar surface area (TPSA) is 86.8 Å². The molecule has 2 unspecified atom stereocenters. The summed E-state index contributed by atoms with van der Waals surface area (Å²) in [7, 11) is -4.25. The minimum atomic E-state index is -4.25. The number of amides is 2. The molecule has 0 saturated carbocycles. The quantitative estimate of drug-likeness (QED) is 0.248. The van der Waals surface area contributed by atoms with Crippen molar-refractivity contribution in [1.82, 2.24) is 10.2 Å². The minimum Gasteiger partial charge on any atom is -0.352 e. The monoisotopic (exact) mass is 643 g/mol. The Morgan fingerprint density at radius 1 is 0.875 bits per heavy atom. The number of hydrogen-bond donors (Lipinski definition) is 1. The molecule has 0 aliphatic heterocycles. The van der Waals surface area contributed by atoms with E-state index in [1.165, 1.54) is 47.4 Å². The predicted molar refractivity (Wildman–Crippen MR) is 162 cm³/mol. The van der Waals surface area contributed by atoms with Crippen LogP contribution in [0.2, 0.25) is 20.1 Å². The largest absolute Gasteiger partial charge is 0.352 e. The molecule has 0 spiro atoms. The Balaban J connectivity index is 2.05. The second-order valence-electron chi connectivity index (χ2n) is 9.20. The fourth-order valence-corrected chi connectivity index (χ4v) is 5.96. The van der Waals surface area contributed by atoms with Gasteiger partial charge in [-0.2, -0.15) is 0 Å². The summed E-state index contributed by atoms with van der Waals surface area (Å²) >= 11 is 24.6. The first-order valence-electron chi connectivity index (χ1n) is 12.4. The highest BCUT2D eigenvalue weighted by atomic mass is 35.5. The van der Waals surface area contributed by atoms with E-state index in [2.05, 4.69) is 5.32 Å². The molecule has 0 aliphatic carbocycles. The first kappa shape index (κ1) is 32.0. The summed E-state index contributed by atoms with van der Waals surface area (Å²) in [5.74, 6) is -1.02. The van der Waals surface area contributed by atoms with Crippen molar-refractivity contribution in [3.63, 3.8) is 0 Å². The molecule has 0 heterocycles. The summed E-state index contributed by atoms with van der Waals surface area (Å²) < 4.78 is 28.6. The van der Waals surface area contributed by atoms with Crippen LogP contribution in [0.5, 0.6) is 0 Å². The molecule has 214 valence electrons. The zero-order valence-electron chi connectivity index (χ0n) is 22.1. The minimum absolute atomic E-state index is 0.0612. The number of benzene rings is 3. The average Bonchev–Trinajstić information content (AvgIpc) is 2.90. The average molecular weight is 645 g/mol. The maximum absolute atomic E-state index is 13.9. The van der Waals surface area contributed by atoms with E-state index in [4.69, 9.17) is 46.4 Å². The van der Waals surface area contributed by atoms with Crippen LogP contribution in [0, 0.1) is 0 Å². The number of carbonyl (C=O) groups excluding carboxylic acids is 2. The number of carbonyl (C=O) groups is 2. The van der Waals surface area contributed by atoms with E-state index in [0.717, 1.165) is 4.31 Å². The Labute approximate surface area is 255 Å². The molecule has 3 rings (SSSR count). The normalized spacial score (nSPS) is 12.9. The number of sulfonamides is 1. The Bertz CT molecular complexity index is 1470. The van der Waals surface area contributed by atoms with Crippen LogP contribution < -0.4 is 9.62 Å². The van der Waals surface area contributed by atoms with Crippen LogP contribution in [-0.4, -0.2) is 43.8 Å². The van der Waals surface area contributed by atoms with Gasteiger partial charge >= 0.3 is 0 Å². The van der Waals surface area contributed by atoms with Crippen molar-refractivity contribution < 1.29 is 18.0 Å². The number of nitrogens with one attached hydrogen (secondary N) is 1. The number of halogens is 4. The predicted octanol–water partition coefficient (Wildman–Crippen LogP) is 6.83. The maximum Gasteiger partial charge on any atom is 0.264 e. The van der Waals surface area contributed by atoms with E-state index in [9.17, 15) is 18.0 Å². The van der Waals surface area contributed by atoms with Crippen molar-refractivity contribution in [2.45, 2.75) is 50.7 Å². The van der Waals surface area contributed by atoms with Crippen molar-refractivity contribution in [1.29, 1.82) is 0 Å². The van der Waals surface area contributed by atoms with Crippen LogP contribution in [0.15, 0.2) is 71.6 Å². The van der Waals surface area contributed by atoms with Crippen molar-refractivity contribution in [3.05, 3.63) is 92.4 Å². The molecular formula is C28H29Cl4N3O4S. The summed E-state index contributed by atoms with van der Waals surface area (Å²) in [6, 6.07) is 15.5. The Kier molecular flexibility index (Phi) is 11.1. The van der Waals surface area contributed by atoms with Gasteiger partial charge in [-0.1, -0.05) is 65.5 Å². The first-order chi connectivity index (χ1) is 18.8. The van der Waals surface area contributed by atoms with Gasteiger partial charge in [0.15, 0.2) is 0 Å². The molecule has 0 aromatic heterocycles. The summed E-state index contributed by atoms with van der Waals surface area (Å²) in [5.41, 5.74) is 0.717. The number of rotatable bonds is 11. The molecule has 0 fully saturated rings. The van der Waals surface area contributed by atoms with Crippen molar-refractivity contribution in [2.75, 3.05) is 10.8 Å². The lowest BCUT2D eigenvalue weighted by Gasteiger charge is -2.32. The standard InChI is InChI=1S/C28H29Cl4N3O4S/c1-4-18(2)33-28(37)19(3)34(16-20-8-9-23(31)15-26(20)32)27(36)17-35(24-7-5-6-22(30)14-24)40(38,39)25-12-10-21(29)11-13-25/h5-15,18-19H,4,16-17H2,1-3H3,(H,33,37). The lowest BCUT2D eigenvalue weighted by molar-refractivity contribution is -0.139. The van der Waals surface area contributed by atoms with Gasteiger partial charge in [-0.05, 0) is 80.4 Å². The van der Waals surface area contributed by atoms with Crippen LogP contribution in [0.4, 0.5) is 5.69 Å². The molecule has 0 bridgehead atoms. The van der Waals surface area contributed by atoms with E-state index >= 15 is 0 Å². The van der Waals surface area contributed by atoms with Gasteiger partial charge in [0.2, 0.25) is 11.8 Å². The summed E-state index contributed by atoms with van der Waals surface area (Å²) in [6.07, 6.45) is 0.692. The summed E-state index contributed by atoms with van der Waals surface area (Å²) in [6.45, 7) is 4.69. The van der Waals surface area contributed by atoms with Gasteiger partial charge in [0.1, 0.15) is 12.6 Å². The lowest BCUT2D eigenvalue weighted by Crippen LogP contribution is -2.52. The lowest BCUT2D eigenvalue weighted by atomic mass is 10.1. The van der Waals surface area contributed by atoms with E-state index < -0.39 is 28.5 Å². The molecule has 2 atom stereocenters. The van der Waals surface area contributed by atoms with Crippen LogP contribution in [-0.2, 0) is 26.2 Å². The van der Waals surface area contributed by atoms with Crippen molar-refractivity contribution in [2.24, 2.45) is 0 Å². The van der Waals surface area contributed by atoms with E-state index in [0.29, 0.717) is 27.1 Å². The van der Waals surface area contributed by atoms with Crippen LogP contribution in [0.1, 0.15) is 32.8 Å². The van der Waals surface area contributed by atoms with Gasteiger partial charge in [0.25, 0.3) is 10.0 Å². The molecule has 0 aliphatic rings. The third kappa shape index (κ3) is 8.04. The van der Waals surface area contributed by atoms with Gasteiger partial charge in [0.05, 0.1) is 10.6 Å². The number of nitrogens with zero attached hydrogens (tertiary/aromatic N) is 2. The van der Waals surface area contributed by atoms with E-state index in [1.54, 1.807) is 31.2 Å². The fraction of sp³-hybridized carbons (Fsp3) is 0.286. The Morgan fingerprint density at radius 2 is 1.50 bits per heavy atom. The van der Waals surface area contributed by atoms with Gasteiger partial charge in [-0.15, -0.1) is 0 Å². The second-order valence-corrected chi connectivity index (χ2v) is 12.8. The molecule has 0 saturated heterocycles. The molecular weight excluding hydrogens is 616 g/mol. The highest BCUT2D eigenvalue weighted by Gasteiger charge is 2.33. The van der Waals surface area contributed by atoms with Gasteiger partial charge < -0.3 is 10.2 Å². The highest BCUT2D eigenvalue weighted by Crippen LogP contribution is 2.28. The fourth-order valence-electron chi connectivity index (χ4n) is 3.78. The van der Waals surface area contributed by atoms with Crippen molar-refractivity contribution >= 4 is 73.9 Å². The van der Waals surface area contributed by atoms with Crippen molar-refractivity contribution in [3.8, 4) is 0 Å². The SMILES string of the molecule is CCC(C)NC(=O)C(C)N(Cc1ccc(Cl)cc1Cl)C(=O)CN(c1cccc(Cl)c1)S(=O)(=O)c1ccc(Cl)cc1. The van der Waals surface area contributed by atoms with Gasteiger partial charge in [0, 0.05) is 32.7 Å².